The summed E-state index contributed by atoms with van der Waals surface area (Å²) < 4.78 is 0. The lowest BCUT2D eigenvalue weighted by Gasteiger charge is -2.11. The molecule has 0 radical (unpaired) electrons. The quantitative estimate of drug-likeness (QED) is 0.759. The second-order valence-corrected chi connectivity index (χ2v) is 4.94. The van der Waals surface area contributed by atoms with Gasteiger partial charge in [-0.2, -0.15) is 0 Å². The third-order valence-corrected chi connectivity index (χ3v) is 3.04. The molecule has 0 aliphatic rings. The maximum absolute atomic E-state index is 5.56. The Morgan fingerprint density at radius 2 is 1.94 bits per heavy atom. The van der Waals surface area contributed by atoms with Gasteiger partial charge < -0.3 is 5.73 Å². The lowest BCUT2D eigenvalue weighted by molar-refractivity contribution is 0.787. The van der Waals surface area contributed by atoms with Gasteiger partial charge in [-0.25, -0.2) is 0 Å². The van der Waals surface area contributed by atoms with E-state index in [2.05, 4.69) is 38.1 Å². The average Bonchev–Trinajstić information content (AvgIpc) is 2.26. The molecule has 1 unspecified atom stereocenters. The van der Waals surface area contributed by atoms with Gasteiger partial charge in [-0.15, -0.1) is 0 Å². The summed E-state index contributed by atoms with van der Waals surface area (Å²) in [6, 6.07) is 8.85. The molecule has 0 saturated heterocycles. The van der Waals surface area contributed by atoms with Crippen molar-refractivity contribution in [3.63, 3.8) is 0 Å². The van der Waals surface area contributed by atoms with Gasteiger partial charge in [-0.3, -0.25) is 0 Å². The lowest BCUT2D eigenvalue weighted by atomic mass is 9.96. The Hall–Kier alpha value is -0.890. The van der Waals surface area contributed by atoms with Crippen molar-refractivity contribution in [1.82, 2.24) is 0 Å². The molecule has 2 heteroatoms. The molecular weight excluding hydrogens is 214 g/mol. The highest BCUT2D eigenvalue weighted by Crippen LogP contribution is 2.19. The molecule has 0 amide bonds. The maximum Gasteiger partial charge on any atom is 0.0733 e. The first-order valence-corrected chi connectivity index (χ1v) is 6.41. The lowest BCUT2D eigenvalue weighted by Crippen LogP contribution is -2.11. The van der Waals surface area contributed by atoms with Gasteiger partial charge in [0.2, 0.25) is 0 Å². The average molecular weight is 235 g/mol. The number of nitrogens with two attached hydrogens (primary N) is 1. The van der Waals surface area contributed by atoms with Gasteiger partial charge >= 0.3 is 0 Å². The molecule has 0 fully saturated rings. The third-order valence-electron chi connectivity index (χ3n) is 2.88. The molecule has 0 aliphatic carbocycles. The van der Waals surface area contributed by atoms with Crippen LogP contribution in [0.5, 0.6) is 0 Å². The monoisotopic (exact) mass is 235 g/mol. The van der Waals surface area contributed by atoms with Crippen LogP contribution in [-0.4, -0.2) is 4.99 Å². The number of hydrogen-bond donors (Lipinski definition) is 1. The van der Waals surface area contributed by atoms with Crippen LogP contribution in [0.2, 0.25) is 0 Å². The van der Waals surface area contributed by atoms with Gasteiger partial charge in [0.1, 0.15) is 0 Å². The van der Waals surface area contributed by atoms with Crippen molar-refractivity contribution in [2.24, 2.45) is 5.73 Å². The second kappa shape index (κ2) is 6.64. The number of rotatable bonds is 6. The van der Waals surface area contributed by atoms with Crippen LogP contribution < -0.4 is 5.73 Å². The van der Waals surface area contributed by atoms with E-state index in [0.29, 0.717) is 10.9 Å². The Labute approximate surface area is 104 Å². The minimum atomic E-state index is 0.428. The summed E-state index contributed by atoms with van der Waals surface area (Å²) in [5.74, 6) is 0.428. The zero-order valence-electron chi connectivity index (χ0n) is 10.2. The summed E-state index contributed by atoms with van der Waals surface area (Å²) in [6.45, 7) is 4.39. The summed E-state index contributed by atoms with van der Waals surface area (Å²) in [5, 5.41) is 0. The van der Waals surface area contributed by atoms with Gasteiger partial charge in [-0.05, 0) is 29.9 Å². The highest BCUT2D eigenvalue weighted by Gasteiger charge is 2.06. The van der Waals surface area contributed by atoms with E-state index < -0.39 is 0 Å². The van der Waals surface area contributed by atoms with Crippen LogP contribution in [0.1, 0.15) is 50.2 Å². The zero-order valence-corrected chi connectivity index (χ0v) is 11.0. The van der Waals surface area contributed by atoms with E-state index >= 15 is 0 Å². The van der Waals surface area contributed by atoms with E-state index in [4.69, 9.17) is 18.0 Å². The van der Waals surface area contributed by atoms with E-state index in [9.17, 15) is 0 Å². The molecule has 88 valence electrons. The summed E-state index contributed by atoms with van der Waals surface area (Å²) in [7, 11) is 0. The van der Waals surface area contributed by atoms with Crippen LogP contribution in [-0.2, 0) is 6.42 Å². The number of unbranched alkanes of at least 4 members (excludes halogenated alkanes) is 1. The first kappa shape index (κ1) is 13.2. The molecule has 0 saturated carbocycles. The smallest absolute Gasteiger partial charge is 0.0733 e. The minimum absolute atomic E-state index is 0.428. The molecule has 0 heterocycles. The molecule has 0 aromatic heterocycles. The Bertz CT molecular complexity index is 329. The first-order valence-electron chi connectivity index (χ1n) is 6.00. The Morgan fingerprint density at radius 1 is 1.31 bits per heavy atom. The van der Waals surface area contributed by atoms with Crippen molar-refractivity contribution < 1.29 is 0 Å². The molecule has 1 aromatic carbocycles. The van der Waals surface area contributed by atoms with Crippen molar-refractivity contribution >= 4 is 17.2 Å². The maximum atomic E-state index is 5.56. The van der Waals surface area contributed by atoms with Crippen molar-refractivity contribution in [2.75, 3.05) is 0 Å². The number of thiocarbonyl (C=S) groups is 1. The summed E-state index contributed by atoms with van der Waals surface area (Å²) in [6.07, 6.45) is 4.49. The zero-order chi connectivity index (χ0) is 12.0. The van der Waals surface area contributed by atoms with Gasteiger partial charge in [0, 0.05) is 6.42 Å². The van der Waals surface area contributed by atoms with Gasteiger partial charge in [-0.1, -0.05) is 56.8 Å². The summed E-state index contributed by atoms with van der Waals surface area (Å²) in [5.41, 5.74) is 8.31. The van der Waals surface area contributed by atoms with Crippen LogP contribution in [0, 0.1) is 0 Å². The third kappa shape index (κ3) is 4.31. The predicted molar refractivity (Wildman–Crippen MR) is 74.9 cm³/mol. The van der Waals surface area contributed by atoms with E-state index in [1.165, 1.54) is 30.4 Å². The van der Waals surface area contributed by atoms with E-state index in [0.717, 1.165) is 6.42 Å². The fourth-order valence-electron chi connectivity index (χ4n) is 1.81. The Balaban J connectivity index is 2.59. The molecule has 1 atom stereocenters. The molecule has 0 aliphatic heterocycles. The molecular formula is C14H21NS. The SMILES string of the molecule is CCCCc1ccc(C(C)CC(N)=S)cc1. The van der Waals surface area contributed by atoms with Gasteiger partial charge in [0.25, 0.3) is 0 Å². The van der Waals surface area contributed by atoms with E-state index in [-0.39, 0.29) is 0 Å². The molecule has 1 nitrogen and oxygen atoms in total. The highest BCUT2D eigenvalue weighted by atomic mass is 32.1. The largest absolute Gasteiger partial charge is 0.393 e. The van der Waals surface area contributed by atoms with Gasteiger partial charge in [0.15, 0.2) is 0 Å². The number of hydrogen-bond acceptors (Lipinski definition) is 1. The van der Waals surface area contributed by atoms with Crippen molar-refractivity contribution in [1.29, 1.82) is 0 Å². The van der Waals surface area contributed by atoms with Crippen molar-refractivity contribution in [3.8, 4) is 0 Å². The molecule has 1 aromatic rings. The standard InChI is InChI=1S/C14H21NS/c1-3-4-5-12-6-8-13(9-7-12)11(2)10-14(15)16/h6-9,11H,3-5,10H2,1-2H3,(H2,15,16). The second-order valence-electron chi connectivity index (χ2n) is 4.42. The predicted octanol–water partition coefficient (Wildman–Crippen LogP) is 3.81. The number of aryl methyl sites for hydroxylation is 1. The van der Waals surface area contributed by atoms with Crippen LogP contribution >= 0.6 is 12.2 Å². The van der Waals surface area contributed by atoms with Crippen molar-refractivity contribution in [2.45, 2.75) is 45.4 Å². The Morgan fingerprint density at radius 3 is 2.44 bits per heavy atom. The normalized spacial score (nSPS) is 12.4. The van der Waals surface area contributed by atoms with E-state index in [1.807, 2.05) is 0 Å². The van der Waals surface area contributed by atoms with Crippen LogP contribution in [0.3, 0.4) is 0 Å². The number of benzene rings is 1. The molecule has 2 N–H and O–H groups in total. The molecule has 0 spiro atoms. The van der Waals surface area contributed by atoms with Crippen LogP contribution in [0.15, 0.2) is 24.3 Å². The topological polar surface area (TPSA) is 26.0 Å². The first-order chi connectivity index (χ1) is 7.63. The molecule has 1 rings (SSSR count). The molecule has 16 heavy (non-hydrogen) atoms. The Kier molecular flexibility index (Phi) is 5.47. The fourth-order valence-corrected chi connectivity index (χ4v) is 2.06. The summed E-state index contributed by atoms with van der Waals surface area (Å²) >= 11 is 4.93. The fraction of sp³-hybridized carbons (Fsp3) is 0.500. The summed E-state index contributed by atoms with van der Waals surface area (Å²) in [4.78, 5) is 0.600. The van der Waals surface area contributed by atoms with Crippen LogP contribution in [0.25, 0.3) is 0 Å². The van der Waals surface area contributed by atoms with Crippen LogP contribution in [0.4, 0.5) is 0 Å². The highest BCUT2D eigenvalue weighted by molar-refractivity contribution is 7.80. The van der Waals surface area contributed by atoms with Crippen molar-refractivity contribution in [3.05, 3.63) is 35.4 Å². The molecule has 0 bridgehead atoms. The minimum Gasteiger partial charge on any atom is -0.393 e. The van der Waals surface area contributed by atoms with Gasteiger partial charge in [0.05, 0.1) is 4.99 Å². The van der Waals surface area contributed by atoms with E-state index in [1.54, 1.807) is 0 Å².